The van der Waals surface area contributed by atoms with E-state index >= 15 is 0 Å². The largest absolute Gasteiger partial charge is 0.447 e. The number of nitrogens with zero attached hydrogens (tertiary/aromatic N) is 1. The fraction of sp³-hybridized carbons (Fsp3) is 0.263. The van der Waals surface area contributed by atoms with Crippen LogP contribution in [0.3, 0.4) is 0 Å². The molecule has 0 saturated carbocycles. The molecule has 1 heterocycles. The quantitative estimate of drug-likeness (QED) is 0.833. The first-order valence-corrected chi connectivity index (χ1v) is 8.00. The van der Waals surface area contributed by atoms with Crippen molar-refractivity contribution in [3.05, 3.63) is 71.3 Å². The van der Waals surface area contributed by atoms with Crippen LogP contribution in [0.15, 0.2) is 48.5 Å². The van der Waals surface area contributed by atoms with Crippen molar-refractivity contribution in [3.8, 4) is 0 Å². The molecule has 1 aliphatic heterocycles. The lowest BCUT2D eigenvalue weighted by Gasteiger charge is -2.19. The molecular weight excluding hydrogens is 328 g/mol. The fourth-order valence-corrected chi connectivity index (χ4v) is 2.93. The minimum Gasteiger partial charge on any atom is -0.447 e. The standard InChI is InChI=1S/C19H17F2NO3/c20-15-8-14(9-16(21)11-15)6-7-18(23)22-17(12-25-19(22)24)10-13-4-2-1-3-5-13/h1-5,8-9,11,17H,6-7,10,12H2/t17-/m0/s1. The number of rotatable bonds is 5. The van der Waals surface area contributed by atoms with Crippen LogP contribution < -0.4 is 0 Å². The van der Waals surface area contributed by atoms with Gasteiger partial charge in [-0.05, 0) is 36.1 Å². The Morgan fingerprint density at radius 3 is 2.44 bits per heavy atom. The Bertz CT molecular complexity index is 759. The van der Waals surface area contributed by atoms with Crippen molar-refractivity contribution in [1.82, 2.24) is 4.90 Å². The predicted octanol–water partition coefficient (Wildman–Crippen LogP) is 3.49. The zero-order chi connectivity index (χ0) is 17.8. The SMILES string of the molecule is O=C(CCc1cc(F)cc(F)c1)N1C(=O)OC[C@@H]1Cc1ccccc1. The van der Waals surface area contributed by atoms with E-state index in [-0.39, 0.29) is 25.5 Å². The number of halogens is 2. The smallest absolute Gasteiger partial charge is 0.416 e. The van der Waals surface area contributed by atoms with Crippen LogP contribution in [-0.4, -0.2) is 29.5 Å². The molecule has 0 aromatic heterocycles. The van der Waals surface area contributed by atoms with Gasteiger partial charge in [-0.3, -0.25) is 4.79 Å². The second-order valence-corrected chi connectivity index (χ2v) is 5.96. The van der Waals surface area contributed by atoms with Gasteiger partial charge in [0.25, 0.3) is 0 Å². The molecule has 0 unspecified atom stereocenters. The lowest BCUT2D eigenvalue weighted by Crippen LogP contribution is -2.40. The molecule has 4 nitrogen and oxygen atoms in total. The third-order valence-corrected chi connectivity index (χ3v) is 4.09. The van der Waals surface area contributed by atoms with Crippen LogP contribution in [-0.2, 0) is 22.4 Å². The van der Waals surface area contributed by atoms with E-state index in [1.807, 2.05) is 30.3 Å². The van der Waals surface area contributed by atoms with Gasteiger partial charge < -0.3 is 4.74 Å². The zero-order valence-corrected chi connectivity index (χ0v) is 13.5. The number of amides is 2. The Labute approximate surface area is 144 Å². The van der Waals surface area contributed by atoms with Crippen molar-refractivity contribution < 1.29 is 23.1 Å². The molecule has 1 atom stereocenters. The highest BCUT2D eigenvalue weighted by atomic mass is 19.1. The molecule has 0 bridgehead atoms. The number of cyclic esters (lactones) is 1. The summed E-state index contributed by atoms with van der Waals surface area (Å²) in [7, 11) is 0. The van der Waals surface area contributed by atoms with Gasteiger partial charge in [-0.15, -0.1) is 0 Å². The average molecular weight is 345 g/mol. The topological polar surface area (TPSA) is 46.6 Å². The minimum absolute atomic E-state index is 0.0245. The van der Waals surface area contributed by atoms with Crippen LogP contribution in [0.5, 0.6) is 0 Å². The predicted molar refractivity (Wildman–Crippen MR) is 86.8 cm³/mol. The molecule has 3 rings (SSSR count). The maximum atomic E-state index is 13.2. The molecule has 1 aliphatic rings. The van der Waals surface area contributed by atoms with Crippen molar-refractivity contribution in [2.75, 3.05) is 6.61 Å². The lowest BCUT2D eigenvalue weighted by atomic mass is 10.0. The Morgan fingerprint density at radius 2 is 1.76 bits per heavy atom. The highest BCUT2D eigenvalue weighted by molar-refractivity contribution is 5.93. The first-order chi connectivity index (χ1) is 12.0. The van der Waals surface area contributed by atoms with Crippen LogP contribution in [0.2, 0.25) is 0 Å². The van der Waals surface area contributed by atoms with Crippen LogP contribution in [0.4, 0.5) is 13.6 Å². The third-order valence-electron chi connectivity index (χ3n) is 4.09. The summed E-state index contributed by atoms with van der Waals surface area (Å²) in [5.74, 6) is -1.79. The molecular formula is C19H17F2NO3. The number of benzene rings is 2. The number of imide groups is 1. The van der Waals surface area contributed by atoms with Crippen LogP contribution >= 0.6 is 0 Å². The van der Waals surface area contributed by atoms with E-state index in [1.165, 1.54) is 12.1 Å². The van der Waals surface area contributed by atoms with Gasteiger partial charge in [0.15, 0.2) is 0 Å². The summed E-state index contributed by atoms with van der Waals surface area (Å²) in [6.07, 6.45) is -0.0395. The number of carbonyl (C=O) groups excluding carboxylic acids is 2. The van der Waals surface area contributed by atoms with Crippen molar-refractivity contribution in [2.24, 2.45) is 0 Å². The summed E-state index contributed by atoms with van der Waals surface area (Å²) in [4.78, 5) is 25.4. The van der Waals surface area contributed by atoms with Gasteiger partial charge in [-0.2, -0.15) is 0 Å². The van der Waals surface area contributed by atoms with E-state index in [0.29, 0.717) is 12.0 Å². The number of carbonyl (C=O) groups is 2. The molecule has 1 saturated heterocycles. The van der Waals surface area contributed by atoms with Crippen molar-refractivity contribution in [2.45, 2.75) is 25.3 Å². The summed E-state index contributed by atoms with van der Waals surface area (Å²) in [6.45, 7) is 0.147. The van der Waals surface area contributed by atoms with E-state index in [4.69, 9.17) is 4.74 Å². The number of ether oxygens (including phenoxy) is 1. The normalized spacial score (nSPS) is 16.8. The summed E-state index contributed by atoms with van der Waals surface area (Å²) in [5, 5.41) is 0. The molecule has 0 N–H and O–H groups in total. The molecule has 0 aliphatic carbocycles. The Hall–Kier alpha value is -2.76. The highest BCUT2D eigenvalue weighted by Crippen LogP contribution is 2.19. The molecule has 2 aromatic rings. The molecule has 130 valence electrons. The van der Waals surface area contributed by atoms with Gasteiger partial charge in [0.2, 0.25) is 5.91 Å². The second-order valence-electron chi connectivity index (χ2n) is 5.96. The summed E-state index contributed by atoms with van der Waals surface area (Å²) >= 11 is 0. The van der Waals surface area contributed by atoms with Gasteiger partial charge in [-0.25, -0.2) is 18.5 Å². The zero-order valence-electron chi connectivity index (χ0n) is 13.5. The van der Waals surface area contributed by atoms with E-state index in [2.05, 4.69) is 0 Å². The van der Waals surface area contributed by atoms with Gasteiger partial charge in [0.05, 0.1) is 6.04 Å². The Kier molecular flexibility index (Phi) is 5.07. The fourth-order valence-electron chi connectivity index (χ4n) is 2.93. The monoisotopic (exact) mass is 345 g/mol. The summed E-state index contributed by atoms with van der Waals surface area (Å²) < 4.78 is 31.4. The van der Waals surface area contributed by atoms with Crippen LogP contribution in [0.25, 0.3) is 0 Å². The number of hydrogen-bond acceptors (Lipinski definition) is 3. The second kappa shape index (κ2) is 7.42. The molecule has 1 fully saturated rings. The van der Waals surface area contributed by atoms with Gasteiger partial charge >= 0.3 is 6.09 Å². The van der Waals surface area contributed by atoms with Crippen LogP contribution in [0, 0.1) is 11.6 Å². The summed E-state index contributed by atoms with van der Waals surface area (Å²) in [5.41, 5.74) is 1.37. The van der Waals surface area contributed by atoms with Crippen molar-refractivity contribution in [1.29, 1.82) is 0 Å². The average Bonchev–Trinajstić information content (AvgIpc) is 2.93. The van der Waals surface area contributed by atoms with E-state index in [9.17, 15) is 18.4 Å². The summed E-state index contributed by atoms with van der Waals surface area (Å²) in [6, 6.07) is 12.3. The van der Waals surface area contributed by atoms with Crippen molar-refractivity contribution in [3.63, 3.8) is 0 Å². The van der Waals surface area contributed by atoms with Crippen LogP contribution in [0.1, 0.15) is 17.5 Å². The van der Waals surface area contributed by atoms with Gasteiger partial charge in [0.1, 0.15) is 18.2 Å². The molecule has 2 amide bonds. The van der Waals surface area contributed by atoms with E-state index in [0.717, 1.165) is 16.5 Å². The Morgan fingerprint density at radius 1 is 1.08 bits per heavy atom. The van der Waals surface area contributed by atoms with Crippen molar-refractivity contribution >= 4 is 12.0 Å². The molecule has 25 heavy (non-hydrogen) atoms. The van der Waals surface area contributed by atoms with E-state index in [1.54, 1.807) is 0 Å². The molecule has 2 aromatic carbocycles. The highest BCUT2D eigenvalue weighted by Gasteiger charge is 2.37. The maximum Gasteiger partial charge on any atom is 0.416 e. The molecule has 0 spiro atoms. The maximum absolute atomic E-state index is 13.2. The first kappa shape index (κ1) is 17.1. The number of aryl methyl sites for hydroxylation is 1. The first-order valence-electron chi connectivity index (χ1n) is 8.00. The minimum atomic E-state index is -0.690. The number of hydrogen-bond donors (Lipinski definition) is 0. The third kappa shape index (κ3) is 4.21. The van der Waals surface area contributed by atoms with Gasteiger partial charge in [0, 0.05) is 12.5 Å². The Balaban J connectivity index is 1.65. The molecule has 6 heteroatoms. The van der Waals surface area contributed by atoms with E-state index < -0.39 is 23.6 Å². The molecule has 0 radical (unpaired) electrons. The lowest BCUT2D eigenvalue weighted by molar-refractivity contribution is -0.129. The van der Waals surface area contributed by atoms with Gasteiger partial charge in [-0.1, -0.05) is 30.3 Å².